The number of ether oxygens (including phenoxy) is 3. The summed E-state index contributed by atoms with van der Waals surface area (Å²) in [6.07, 6.45) is 0.747. The predicted molar refractivity (Wildman–Crippen MR) is 89.3 cm³/mol. The van der Waals surface area contributed by atoms with Crippen LogP contribution in [0.3, 0.4) is 0 Å². The van der Waals surface area contributed by atoms with Crippen molar-refractivity contribution in [3.05, 3.63) is 59.7 Å². The minimum absolute atomic E-state index is 0.215. The number of aryl methyl sites for hydroxylation is 1. The van der Waals surface area contributed by atoms with Gasteiger partial charge >= 0.3 is 11.9 Å². The lowest BCUT2D eigenvalue weighted by Crippen LogP contribution is -2.18. The Hall–Kier alpha value is -2.82. The number of hydrogen-bond acceptors (Lipinski definition) is 5. The summed E-state index contributed by atoms with van der Waals surface area (Å²) >= 11 is 0. The molecule has 0 aromatic heterocycles. The smallest absolute Gasteiger partial charge is 0.349 e. The first-order valence-electron chi connectivity index (χ1n) is 7.76. The molecule has 0 saturated carbocycles. The Morgan fingerprint density at radius 2 is 1.75 bits per heavy atom. The Balaban J connectivity index is 1.89. The SMILES string of the molecule is CCCOC(=O)c1cccc(OC(=O)COc2ccc(C)cc2)c1. The Labute approximate surface area is 141 Å². The van der Waals surface area contributed by atoms with E-state index in [0.717, 1.165) is 12.0 Å². The molecule has 24 heavy (non-hydrogen) atoms. The molecule has 0 bridgehead atoms. The fourth-order valence-electron chi connectivity index (χ4n) is 1.90. The van der Waals surface area contributed by atoms with Crippen LogP contribution in [-0.2, 0) is 9.53 Å². The van der Waals surface area contributed by atoms with Gasteiger partial charge in [-0.2, -0.15) is 0 Å². The lowest BCUT2D eigenvalue weighted by atomic mass is 10.2. The van der Waals surface area contributed by atoms with Gasteiger partial charge < -0.3 is 14.2 Å². The van der Waals surface area contributed by atoms with Crippen molar-refractivity contribution < 1.29 is 23.8 Å². The van der Waals surface area contributed by atoms with E-state index in [1.165, 1.54) is 6.07 Å². The van der Waals surface area contributed by atoms with Crippen molar-refractivity contribution >= 4 is 11.9 Å². The first kappa shape index (κ1) is 17.5. The zero-order chi connectivity index (χ0) is 17.4. The van der Waals surface area contributed by atoms with Crippen molar-refractivity contribution in [2.24, 2.45) is 0 Å². The van der Waals surface area contributed by atoms with Crippen LogP contribution in [0.5, 0.6) is 11.5 Å². The molecule has 0 unspecified atom stereocenters. The average molecular weight is 328 g/mol. The number of rotatable bonds is 7. The first-order valence-corrected chi connectivity index (χ1v) is 7.76. The van der Waals surface area contributed by atoms with Crippen molar-refractivity contribution in [1.82, 2.24) is 0 Å². The lowest BCUT2D eigenvalue weighted by Gasteiger charge is -2.08. The van der Waals surface area contributed by atoms with Gasteiger partial charge in [-0.1, -0.05) is 30.7 Å². The molecule has 0 amide bonds. The lowest BCUT2D eigenvalue weighted by molar-refractivity contribution is -0.136. The summed E-state index contributed by atoms with van der Waals surface area (Å²) in [5.41, 5.74) is 1.45. The van der Waals surface area contributed by atoms with Crippen LogP contribution in [0.15, 0.2) is 48.5 Å². The first-order chi connectivity index (χ1) is 11.6. The normalized spacial score (nSPS) is 10.1. The van der Waals surface area contributed by atoms with Crippen LogP contribution in [0, 0.1) is 6.92 Å². The van der Waals surface area contributed by atoms with Crippen molar-refractivity contribution in [3.63, 3.8) is 0 Å². The van der Waals surface area contributed by atoms with Gasteiger partial charge in [0.2, 0.25) is 0 Å². The largest absolute Gasteiger partial charge is 0.482 e. The van der Waals surface area contributed by atoms with Gasteiger partial charge in [0.05, 0.1) is 12.2 Å². The van der Waals surface area contributed by atoms with E-state index in [1.54, 1.807) is 30.3 Å². The van der Waals surface area contributed by atoms with E-state index < -0.39 is 11.9 Å². The van der Waals surface area contributed by atoms with E-state index in [1.807, 2.05) is 26.0 Å². The van der Waals surface area contributed by atoms with Crippen molar-refractivity contribution in [2.75, 3.05) is 13.2 Å². The Bertz CT molecular complexity index is 691. The summed E-state index contributed by atoms with van der Waals surface area (Å²) in [6.45, 7) is 4.02. The van der Waals surface area contributed by atoms with Gasteiger partial charge in [0.15, 0.2) is 6.61 Å². The van der Waals surface area contributed by atoms with Crippen LogP contribution >= 0.6 is 0 Å². The van der Waals surface area contributed by atoms with E-state index in [0.29, 0.717) is 17.9 Å². The maximum atomic E-state index is 11.8. The Morgan fingerprint density at radius 1 is 1.00 bits per heavy atom. The molecule has 2 aromatic rings. The maximum absolute atomic E-state index is 11.8. The van der Waals surface area contributed by atoms with Crippen LogP contribution in [0.4, 0.5) is 0 Å². The highest BCUT2D eigenvalue weighted by Crippen LogP contribution is 2.15. The summed E-state index contributed by atoms with van der Waals surface area (Å²) in [4.78, 5) is 23.6. The number of carbonyl (C=O) groups excluding carboxylic acids is 2. The van der Waals surface area contributed by atoms with E-state index in [-0.39, 0.29) is 12.4 Å². The molecule has 0 heterocycles. The molecule has 0 saturated heterocycles. The summed E-state index contributed by atoms with van der Waals surface area (Å²) in [6, 6.07) is 13.7. The molecule has 2 rings (SSSR count). The van der Waals surface area contributed by atoms with Crippen LogP contribution in [0.1, 0.15) is 29.3 Å². The minimum Gasteiger partial charge on any atom is -0.482 e. The van der Waals surface area contributed by atoms with Gasteiger partial charge in [0, 0.05) is 0 Å². The molecule has 0 spiro atoms. The molecular formula is C19H20O5. The van der Waals surface area contributed by atoms with Crippen molar-refractivity contribution in [3.8, 4) is 11.5 Å². The topological polar surface area (TPSA) is 61.8 Å². The number of carbonyl (C=O) groups is 2. The van der Waals surface area contributed by atoms with Crippen molar-refractivity contribution in [1.29, 1.82) is 0 Å². The van der Waals surface area contributed by atoms with E-state index in [4.69, 9.17) is 14.2 Å². The maximum Gasteiger partial charge on any atom is 0.349 e. The molecule has 0 N–H and O–H groups in total. The molecule has 0 aliphatic carbocycles. The summed E-state index contributed by atoms with van der Waals surface area (Å²) in [5.74, 6) is -0.117. The quantitative estimate of drug-likeness (QED) is 0.574. The third kappa shape index (κ3) is 5.43. The van der Waals surface area contributed by atoms with E-state index >= 15 is 0 Å². The van der Waals surface area contributed by atoms with Gasteiger partial charge in [0.1, 0.15) is 11.5 Å². The van der Waals surface area contributed by atoms with Gasteiger partial charge in [-0.15, -0.1) is 0 Å². The molecule has 5 heteroatoms. The second kappa shape index (κ2) is 8.72. The fourth-order valence-corrected chi connectivity index (χ4v) is 1.90. The van der Waals surface area contributed by atoms with Crippen LogP contribution in [0.25, 0.3) is 0 Å². The molecule has 0 aliphatic heterocycles. The van der Waals surface area contributed by atoms with Gasteiger partial charge in [-0.05, 0) is 43.7 Å². The van der Waals surface area contributed by atoms with Crippen molar-refractivity contribution in [2.45, 2.75) is 20.3 Å². The van der Waals surface area contributed by atoms with E-state index in [2.05, 4.69) is 0 Å². The van der Waals surface area contributed by atoms with Crippen LogP contribution < -0.4 is 9.47 Å². The Kier molecular flexibility index (Phi) is 6.37. The molecule has 5 nitrogen and oxygen atoms in total. The summed E-state index contributed by atoms with van der Waals surface area (Å²) in [5, 5.41) is 0. The second-order valence-corrected chi connectivity index (χ2v) is 5.24. The highest BCUT2D eigenvalue weighted by Gasteiger charge is 2.11. The third-order valence-corrected chi connectivity index (χ3v) is 3.12. The second-order valence-electron chi connectivity index (χ2n) is 5.24. The third-order valence-electron chi connectivity index (χ3n) is 3.12. The Morgan fingerprint density at radius 3 is 2.46 bits per heavy atom. The van der Waals surface area contributed by atoms with Crippen LogP contribution in [-0.4, -0.2) is 25.2 Å². The molecule has 0 fully saturated rings. The van der Waals surface area contributed by atoms with Crippen LogP contribution in [0.2, 0.25) is 0 Å². The predicted octanol–water partition coefficient (Wildman–Crippen LogP) is 3.55. The summed E-state index contributed by atoms with van der Waals surface area (Å²) < 4.78 is 15.6. The molecule has 0 atom stereocenters. The molecule has 0 aliphatic rings. The van der Waals surface area contributed by atoms with Gasteiger partial charge in [-0.3, -0.25) is 0 Å². The zero-order valence-corrected chi connectivity index (χ0v) is 13.8. The zero-order valence-electron chi connectivity index (χ0n) is 13.8. The molecule has 126 valence electrons. The number of esters is 2. The number of hydrogen-bond donors (Lipinski definition) is 0. The fraction of sp³-hybridized carbons (Fsp3) is 0.263. The van der Waals surface area contributed by atoms with E-state index in [9.17, 15) is 9.59 Å². The average Bonchev–Trinajstić information content (AvgIpc) is 2.59. The monoisotopic (exact) mass is 328 g/mol. The summed E-state index contributed by atoms with van der Waals surface area (Å²) in [7, 11) is 0. The molecule has 2 aromatic carbocycles. The number of benzene rings is 2. The minimum atomic E-state index is -0.547. The molecule has 0 radical (unpaired) electrons. The standard InChI is InChI=1S/C19H20O5/c1-3-11-22-19(21)15-5-4-6-17(12-15)24-18(20)13-23-16-9-7-14(2)8-10-16/h4-10,12H,3,11,13H2,1-2H3. The molecular weight excluding hydrogens is 308 g/mol. The highest BCUT2D eigenvalue weighted by molar-refractivity contribution is 5.90. The highest BCUT2D eigenvalue weighted by atomic mass is 16.6. The van der Waals surface area contributed by atoms with Gasteiger partial charge in [-0.25, -0.2) is 9.59 Å². The van der Waals surface area contributed by atoms with Gasteiger partial charge in [0.25, 0.3) is 0 Å².